The van der Waals surface area contributed by atoms with Crippen molar-refractivity contribution in [2.45, 2.75) is 12.8 Å². The van der Waals surface area contributed by atoms with E-state index in [1.807, 2.05) is 0 Å². The number of methoxy groups -OCH3 is 1. The fourth-order valence-electron chi connectivity index (χ4n) is 1.70. The number of carbonyl (C=O) groups is 1. The molecule has 92 valence electrons. The third-order valence-corrected chi connectivity index (χ3v) is 3.02. The van der Waals surface area contributed by atoms with Crippen LogP contribution in [0.1, 0.15) is 12.8 Å². The molecule has 17 heavy (non-hydrogen) atoms. The van der Waals surface area contributed by atoms with Crippen molar-refractivity contribution in [2.75, 3.05) is 19.0 Å². The molecule has 0 unspecified atom stereocenters. The van der Waals surface area contributed by atoms with E-state index >= 15 is 0 Å². The van der Waals surface area contributed by atoms with Gasteiger partial charge < -0.3 is 10.1 Å². The molecule has 1 fully saturated rings. The standard InChI is InChI=1S/C12H13F2NO2/c1-17-11(16)12(4-5-12)7-15-8-2-3-9(13)10(14)6-8/h2-3,6,15H,4-5,7H2,1H3. The van der Waals surface area contributed by atoms with Crippen LogP contribution in [0.15, 0.2) is 18.2 Å². The Bertz CT molecular complexity index is 444. The van der Waals surface area contributed by atoms with Gasteiger partial charge >= 0.3 is 5.97 Å². The van der Waals surface area contributed by atoms with Gasteiger partial charge in [-0.15, -0.1) is 0 Å². The van der Waals surface area contributed by atoms with Gasteiger partial charge in [0.1, 0.15) is 0 Å². The lowest BCUT2D eigenvalue weighted by Crippen LogP contribution is -2.26. The Morgan fingerprint density at radius 1 is 1.41 bits per heavy atom. The van der Waals surface area contributed by atoms with Crippen LogP contribution in [-0.4, -0.2) is 19.6 Å². The van der Waals surface area contributed by atoms with Gasteiger partial charge in [0.2, 0.25) is 0 Å². The van der Waals surface area contributed by atoms with Crippen LogP contribution in [0.25, 0.3) is 0 Å². The summed E-state index contributed by atoms with van der Waals surface area (Å²) in [5, 5.41) is 2.92. The number of rotatable bonds is 4. The summed E-state index contributed by atoms with van der Waals surface area (Å²) < 4.78 is 30.3. The van der Waals surface area contributed by atoms with Crippen molar-refractivity contribution in [3.63, 3.8) is 0 Å². The Morgan fingerprint density at radius 2 is 2.12 bits per heavy atom. The minimum absolute atomic E-state index is 0.257. The van der Waals surface area contributed by atoms with Gasteiger partial charge in [0.15, 0.2) is 11.6 Å². The van der Waals surface area contributed by atoms with Crippen LogP contribution in [0.4, 0.5) is 14.5 Å². The zero-order valence-corrected chi connectivity index (χ0v) is 9.43. The van der Waals surface area contributed by atoms with Gasteiger partial charge in [0.05, 0.1) is 12.5 Å². The predicted octanol–water partition coefficient (Wildman–Crippen LogP) is 2.33. The van der Waals surface area contributed by atoms with E-state index in [-0.39, 0.29) is 5.97 Å². The maximum Gasteiger partial charge on any atom is 0.313 e. The van der Waals surface area contributed by atoms with E-state index in [1.165, 1.54) is 13.2 Å². The topological polar surface area (TPSA) is 38.3 Å². The molecule has 1 N–H and O–H groups in total. The molecule has 0 amide bonds. The number of ether oxygens (including phenoxy) is 1. The maximum absolute atomic E-state index is 12.9. The Morgan fingerprint density at radius 3 is 2.65 bits per heavy atom. The first-order valence-corrected chi connectivity index (χ1v) is 5.35. The highest BCUT2D eigenvalue weighted by atomic mass is 19.2. The van der Waals surface area contributed by atoms with Crippen molar-refractivity contribution in [1.29, 1.82) is 0 Å². The van der Waals surface area contributed by atoms with Crippen LogP contribution >= 0.6 is 0 Å². The van der Waals surface area contributed by atoms with Crippen LogP contribution in [0.3, 0.4) is 0 Å². The van der Waals surface area contributed by atoms with Crippen molar-refractivity contribution >= 4 is 11.7 Å². The van der Waals surface area contributed by atoms with E-state index in [2.05, 4.69) is 5.32 Å². The maximum atomic E-state index is 12.9. The Balaban J connectivity index is 1.98. The zero-order valence-electron chi connectivity index (χ0n) is 9.43. The first-order valence-electron chi connectivity index (χ1n) is 5.35. The molecule has 2 rings (SSSR count). The molecule has 5 heteroatoms. The highest BCUT2D eigenvalue weighted by Crippen LogP contribution is 2.46. The van der Waals surface area contributed by atoms with Gasteiger partial charge in [-0.2, -0.15) is 0 Å². The van der Waals surface area contributed by atoms with Gasteiger partial charge in [-0.25, -0.2) is 8.78 Å². The summed E-state index contributed by atoms with van der Waals surface area (Å²) in [6.45, 7) is 0.380. The molecule has 3 nitrogen and oxygen atoms in total. The molecule has 1 saturated carbocycles. The second-order valence-corrected chi connectivity index (χ2v) is 4.25. The predicted molar refractivity (Wildman–Crippen MR) is 58.5 cm³/mol. The van der Waals surface area contributed by atoms with Crippen molar-refractivity contribution in [3.05, 3.63) is 29.8 Å². The Kier molecular flexibility index (Phi) is 3.00. The normalized spacial score (nSPS) is 16.4. The average molecular weight is 241 g/mol. The fraction of sp³-hybridized carbons (Fsp3) is 0.417. The summed E-state index contributed by atoms with van der Waals surface area (Å²) in [4.78, 5) is 11.4. The summed E-state index contributed by atoms with van der Waals surface area (Å²) in [7, 11) is 1.35. The molecule has 0 heterocycles. The van der Waals surface area contributed by atoms with Crippen molar-refractivity contribution < 1.29 is 18.3 Å². The van der Waals surface area contributed by atoms with Crippen LogP contribution in [-0.2, 0) is 9.53 Å². The molecule has 0 saturated heterocycles. The molecule has 1 aliphatic rings. The highest BCUT2D eigenvalue weighted by molar-refractivity contribution is 5.80. The SMILES string of the molecule is COC(=O)C1(CNc2ccc(F)c(F)c2)CC1. The number of anilines is 1. The van der Waals surface area contributed by atoms with Crippen LogP contribution in [0, 0.1) is 17.0 Å². The van der Waals surface area contributed by atoms with E-state index in [1.54, 1.807) is 0 Å². The molecule has 1 aromatic rings. The number of hydrogen-bond acceptors (Lipinski definition) is 3. The first kappa shape index (κ1) is 11.8. The van der Waals surface area contributed by atoms with E-state index in [0.29, 0.717) is 12.2 Å². The van der Waals surface area contributed by atoms with Gasteiger partial charge in [-0.3, -0.25) is 4.79 Å². The molecule has 0 aromatic heterocycles. The smallest absolute Gasteiger partial charge is 0.313 e. The number of benzene rings is 1. The molecule has 0 aliphatic heterocycles. The van der Waals surface area contributed by atoms with Crippen molar-refractivity contribution in [3.8, 4) is 0 Å². The van der Waals surface area contributed by atoms with E-state index in [4.69, 9.17) is 4.74 Å². The Labute approximate surface area is 97.8 Å². The molecular formula is C12H13F2NO2. The largest absolute Gasteiger partial charge is 0.469 e. The van der Waals surface area contributed by atoms with Gasteiger partial charge in [-0.05, 0) is 31.0 Å². The average Bonchev–Trinajstić information content (AvgIpc) is 3.11. The van der Waals surface area contributed by atoms with Gasteiger partial charge in [0, 0.05) is 12.2 Å². The second-order valence-electron chi connectivity index (χ2n) is 4.25. The van der Waals surface area contributed by atoms with Crippen molar-refractivity contribution in [1.82, 2.24) is 0 Å². The number of esters is 1. The lowest BCUT2D eigenvalue weighted by Gasteiger charge is -2.14. The van der Waals surface area contributed by atoms with Gasteiger partial charge in [0.25, 0.3) is 0 Å². The van der Waals surface area contributed by atoms with Crippen LogP contribution in [0.5, 0.6) is 0 Å². The summed E-state index contributed by atoms with van der Waals surface area (Å²) in [5.41, 5.74) is -0.0290. The van der Waals surface area contributed by atoms with Gasteiger partial charge in [-0.1, -0.05) is 0 Å². The highest BCUT2D eigenvalue weighted by Gasteiger charge is 2.50. The van der Waals surface area contributed by atoms with Crippen LogP contribution in [0.2, 0.25) is 0 Å². The minimum Gasteiger partial charge on any atom is -0.469 e. The summed E-state index contributed by atoms with van der Waals surface area (Å²) in [5.74, 6) is -2.05. The van der Waals surface area contributed by atoms with E-state index in [9.17, 15) is 13.6 Å². The molecule has 0 atom stereocenters. The molecule has 0 spiro atoms. The summed E-state index contributed by atoms with van der Waals surface area (Å²) >= 11 is 0. The van der Waals surface area contributed by atoms with Crippen molar-refractivity contribution in [2.24, 2.45) is 5.41 Å². The monoisotopic (exact) mass is 241 g/mol. The van der Waals surface area contributed by atoms with Crippen LogP contribution < -0.4 is 5.32 Å². The molecule has 1 aromatic carbocycles. The molecular weight excluding hydrogens is 228 g/mol. The number of carbonyl (C=O) groups excluding carboxylic acids is 1. The summed E-state index contributed by atoms with van der Waals surface area (Å²) in [6, 6.07) is 3.56. The quantitative estimate of drug-likeness (QED) is 0.822. The first-order chi connectivity index (χ1) is 8.07. The number of nitrogens with one attached hydrogen (secondary N) is 1. The Hall–Kier alpha value is -1.65. The zero-order chi connectivity index (χ0) is 12.5. The number of halogens is 2. The summed E-state index contributed by atoms with van der Waals surface area (Å²) in [6.07, 6.45) is 1.52. The third kappa shape index (κ3) is 2.38. The fourth-order valence-corrected chi connectivity index (χ4v) is 1.70. The minimum atomic E-state index is -0.905. The second kappa shape index (κ2) is 4.31. The lowest BCUT2D eigenvalue weighted by molar-refractivity contribution is -0.146. The third-order valence-electron chi connectivity index (χ3n) is 3.02. The lowest BCUT2D eigenvalue weighted by atomic mass is 10.1. The number of hydrogen-bond donors (Lipinski definition) is 1. The molecule has 0 radical (unpaired) electrons. The van der Waals surface area contributed by atoms with E-state index < -0.39 is 17.0 Å². The molecule has 1 aliphatic carbocycles. The molecule has 0 bridgehead atoms. The van der Waals surface area contributed by atoms with E-state index in [0.717, 1.165) is 25.0 Å².